The van der Waals surface area contributed by atoms with E-state index in [4.69, 9.17) is 0 Å². The van der Waals surface area contributed by atoms with Crippen LogP contribution in [0.25, 0.3) is 0 Å². The second kappa shape index (κ2) is 8.79. The number of rotatable bonds is 6. The van der Waals surface area contributed by atoms with Crippen molar-refractivity contribution in [1.82, 2.24) is 10.4 Å². The van der Waals surface area contributed by atoms with Gasteiger partial charge in [-0.1, -0.05) is 12.1 Å². The van der Waals surface area contributed by atoms with Gasteiger partial charge in [-0.05, 0) is 54.1 Å². The molecule has 0 saturated carbocycles. The summed E-state index contributed by atoms with van der Waals surface area (Å²) in [5.41, 5.74) is 5.75. The van der Waals surface area contributed by atoms with Gasteiger partial charge in [0.25, 0.3) is 5.91 Å². The number of benzene rings is 2. The zero-order valence-corrected chi connectivity index (χ0v) is 15.3. The first-order valence-electron chi connectivity index (χ1n) is 8.27. The highest BCUT2D eigenvalue weighted by Crippen LogP contribution is 2.30. The summed E-state index contributed by atoms with van der Waals surface area (Å²) < 4.78 is 38.2. The minimum Gasteiger partial charge on any atom is -0.298 e. The Morgan fingerprint density at radius 2 is 1.82 bits per heavy atom. The summed E-state index contributed by atoms with van der Waals surface area (Å²) in [6.45, 7) is 0. The molecule has 0 fully saturated rings. The Morgan fingerprint density at radius 1 is 1.04 bits per heavy atom. The molecule has 4 nitrogen and oxygen atoms in total. The molecule has 2 N–H and O–H groups in total. The van der Waals surface area contributed by atoms with Crippen LogP contribution in [0.1, 0.15) is 21.5 Å². The lowest BCUT2D eigenvalue weighted by Crippen LogP contribution is -2.29. The van der Waals surface area contributed by atoms with Crippen molar-refractivity contribution < 1.29 is 18.0 Å². The summed E-state index contributed by atoms with van der Waals surface area (Å²) in [6, 6.07) is 15.4. The van der Waals surface area contributed by atoms with Gasteiger partial charge >= 0.3 is 6.18 Å². The van der Waals surface area contributed by atoms with Gasteiger partial charge in [0.15, 0.2) is 0 Å². The van der Waals surface area contributed by atoms with Gasteiger partial charge in [0.05, 0.1) is 11.3 Å². The van der Waals surface area contributed by atoms with Gasteiger partial charge in [0, 0.05) is 28.6 Å². The molecule has 0 radical (unpaired) electrons. The zero-order chi connectivity index (χ0) is 20.0. The molecule has 3 aromatic rings. The van der Waals surface area contributed by atoms with Gasteiger partial charge in [-0.3, -0.25) is 20.6 Å². The molecular weight excluding hydrogens is 387 g/mol. The SMILES string of the molecule is O=C(NNc1cccc(C(F)(F)F)c1)c1ccc(SCc2cccnc2)cc1. The second-order valence-corrected chi connectivity index (χ2v) is 6.88. The van der Waals surface area contributed by atoms with Crippen molar-refractivity contribution in [3.8, 4) is 0 Å². The van der Waals surface area contributed by atoms with Crippen LogP contribution in [0, 0.1) is 0 Å². The van der Waals surface area contributed by atoms with Gasteiger partial charge in [-0.15, -0.1) is 11.8 Å². The number of nitrogens with one attached hydrogen (secondary N) is 2. The smallest absolute Gasteiger partial charge is 0.298 e. The predicted molar refractivity (Wildman–Crippen MR) is 103 cm³/mol. The van der Waals surface area contributed by atoms with E-state index < -0.39 is 17.6 Å². The van der Waals surface area contributed by atoms with Crippen molar-refractivity contribution in [3.05, 3.63) is 89.7 Å². The highest BCUT2D eigenvalue weighted by molar-refractivity contribution is 7.98. The Bertz CT molecular complexity index is 931. The van der Waals surface area contributed by atoms with Crippen LogP contribution in [0.5, 0.6) is 0 Å². The number of carbonyl (C=O) groups excluding carboxylic acids is 1. The fourth-order valence-corrected chi connectivity index (χ4v) is 3.16. The number of hydrogen-bond acceptors (Lipinski definition) is 4. The van der Waals surface area contributed by atoms with Crippen molar-refractivity contribution in [2.75, 3.05) is 5.43 Å². The lowest BCUT2D eigenvalue weighted by atomic mass is 10.2. The van der Waals surface area contributed by atoms with Crippen molar-refractivity contribution in [1.29, 1.82) is 0 Å². The van der Waals surface area contributed by atoms with Crippen molar-refractivity contribution >= 4 is 23.4 Å². The number of alkyl halides is 3. The summed E-state index contributed by atoms with van der Waals surface area (Å²) in [4.78, 5) is 17.2. The van der Waals surface area contributed by atoms with Crippen molar-refractivity contribution in [3.63, 3.8) is 0 Å². The third-order valence-corrected chi connectivity index (χ3v) is 4.84. The number of hydrazine groups is 1. The van der Waals surface area contributed by atoms with Gasteiger partial charge < -0.3 is 0 Å². The lowest BCUT2D eigenvalue weighted by molar-refractivity contribution is -0.137. The topological polar surface area (TPSA) is 54.0 Å². The van der Waals surface area contributed by atoms with Crippen LogP contribution in [0.15, 0.2) is 78.0 Å². The fraction of sp³-hybridized carbons (Fsp3) is 0.100. The molecule has 144 valence electrons. The van der Waals surface area contributed by atoms with E-state index >= 15 is 0 Å². The molecule has 0 saturated heterocycles. The highest BCUT2D eigenvalue weighted by atomic mass is 32.2. The fourth-order valence-electron chi connectivity index (χ4n) is 2.33. The molecule has 1 aromatic heterocycles. The number of pyridine rings is 1. The predicted octanol–water partition coefficient (Wildman–Crippen LogP) is 5.15. The normalized spacial score (nSPS) is 11.1. The van der Waals surface area contributed by atoms with E-state index in [1.54, 1.807) is 36.3 Å². The summed E-state index contributed by atoms with van der Waals surface area (Å²) in [6.07, 6.45) is -0.922. The van der Waals surface area contributed by atoms with E-state index in [9.17, 15) is 18.0 Å². The number of anilines is 1. The molecule has 0 bridgehead atoms. The van der Waals surface area contributed by atoms with Crippen molar-refractivity contribution in [2.24, 2.45) is 0 Å². The van der Waals surface area contributed by atoms with Gasteiger partial charge in [0.2, 0.25) is 0 Å². The number of halogens is 3. The Morgan fingerprint density at radius 3 is 2.50 bits per heavy atom. The van der Waals surface area contributed by atoms with Gasteiger partial charge in [-0.25, -0.2) is 0 Å². The van der Waals surface area contributed by atoms with E-state index in [1.165, 1.54) is 12.1 Å². The summed E-state index contributed by atoms with van der Waals surface area (Å²) in [7, 11) is 0. The molecule has 3 rings (SSSR count). The van der Waals surface area contributed by atoms with Crippen LogP contribution >= 0.6 is 11.8 Å². The number of carbonyl (C=O) groups is 1. The Balaban J connectivity index is 1.55. The molecule has 0 aliphatic rings. The van der Waals surface area contributed by atoms with Gasteiger partial charge in [0.1, 0.15) is 0 Å². The zero-order valence-electron chi connectivity index (χ0n) is 14.5. The number of aromatic nitrogens is 1. The first-order valence-corrected chi connectivity index (χ1v) is 9.26. The third-order valence-electron chi connectivity index (χ3n) is 3.76. The Hall–Kier alpha value is -3.00. The molecule has 2 aromatic carbocycles. The largest absolute Gasteiger partial charge is 0.416 e. The number of amides is 1. The summed E-state index contributed by atoms with van der Waals surface area (Å²) in [5.74, 6) is 0.317. The molecule has 0 aliphatic carbocycles. The molecule has 0 aliphatic heterocycles. The number of hydrogen-bond donors (Lipinski definition) is 2. The quantitative estimate of drug-likeness (QED) is 0.442. The molecular formula is C20H16F3N3OS. The van der Waals surface area contributed by atoms with Crippen LogP contribution in [0.2, 0.25) is 0 Å². The molecule has 0 atom stereocenters. The first-order chi connectivity index (χ1) is 13.4. The molecule has 0 unspecified atom stereocenters. The van der Waals surface area contributed by atoms with Crippen LogP contribution in [0.3, 0.4) is 0 Å². The number of thioether (sulfide) groups is 1. The van der Waals surface area contributed by atoms with E-state index in [1.807, 2.05) is 24.3 Å². The minimum atomic E-state index is -4.44. The lowest BCUT2D eigenvalue weighted by Gasteiger charge is -2.11. The first kappa shape index (κ1) is 19.8. The molecule has 1 heterocycles. The van der Waals surface area contributed by atoms with Crippen molar-refractivity contribution in [2.45, 2.75) is 16.8 Å². The van der Waals surface area contributed by atoms with Gasteiger partial charge in [-0.2, -0.15) is 13.2 Å². The molecule has 0 spiro atoms. The molecule has 8 heteroatoms. The maximum Gasteiger partial charge on any atom is 0.416 e. The van der Waals surface area contributed by atoms with E-state index in [0.29, 0.717) is 5.56 Å². The molecule has 28 heavy (non-hydrogen) atoms. The van der Waals surface area contributed by atoms with E-state index in [-0.39, 0.29) is 5.69 Å². The summed E-state index contributed by atoms with van der Waals surface area (Å²) >= 11 is 1.61. The highest BCUT2D eigenvalue weighted by Gasteiger charge is 2.30. The monoisotopic (exact) mass is 403 g/mol. The van der Waals surface area contributed by atoms with E-state index in [0.717, 1.165) is 28.3 Å². The van der Waals surface area contributed by atoms with Crippen LogP contribution in [-0.4, -0.2) is 10.9 Å². The number of nitrogens with zero attached hydrogens (tertiary/aromatic N) is 1. The second-order valence-electron chi connectivity index (χ2n) is 5.83. The average Bonchev–Trinajstić information content (AvgIpc) is 2.71. The summed E-state index contributed by atoms with van der Waals surface area (Å²) in [5, 5.41) is 0. The molecule has 1 amide bonds. The van der Waals surface area contributed by atoms with Crippen LogP contribution in [0.4, 0.5) is 18.9 Å². The minimum absolute atomic E-state index is 0.145. The third kappa shape index (κ3) is 5.50. The van der Waals surface area contributed by atoms with Crippen LogP contribution < -0.4 is 10.9 Å². The van der Waals surface area contributed by atoms with E-state index in [2.05, 4.69) is 15.8 Å². The Kier molecular flexibility index (Phi) is 6.20. The maximum absolute atomic E-state index is 12.7. The standard InChI is InChI=1S/C20H16F3N3OS/c21-20(22,23)16-4-1-5-17(11-16)25-26-19(27)15-6-8-18(9-7-15)28-13-14-3-2-10-24-12-14/h1-12,25H,13H2,(H,26,27). The Labute approximate surface area is 164 Å². The average molecular weight is 403 g/mol. The maximum atomic E-state index is 12.7. The van der Waals surface area contributed by atoms with Crippen LogP contribution in [-0.2, 0) is 11.9 Å².